The Kier molecular flexibility index (Phi) is 4.34. The van der Waals surface area contributed by atoms with E-state index in [2.05, 4.69) is 24.8 Å². The third kappa shape index (κ3) is 3.47. The molecule has 0 spiro atoms. The molecule has 130 valence electrons. The van der Waals surface area contributed by atoms with Crippen LogP contribution in [0.1, 0.15) is 24.1 Å². The van der Waals surface area contributed by atoms with Gasteiger partial charge in [-0.2, -0.15) is 0 Å². The molecule has 4 rings (SSSR count). The zero-order valence-corrected chi connectivity index (χ0v) is 15.0. The Morgan fingerprint density at radius 2 is 2.16 bits per heavy atom. The number of carbonyl (C=O) groups is 2. The van der Waals surface area contributed by atoms with Crippen LogP contribution in [0.15, 0.2) is 43.0 Å². The van der Waals surface area contributed by atoms with Gasteiger partial charge in [0, 0.05) is 41.0 Å². The summed E-state index contributed by atoms with van der Waals surface area (Å²) in [5, 5.41) is 1.21. The van der Waals surface area contributed by atoms with Gasteiger partial charge in [0.25, 0.3) is 0 Å². The van der Waals surface area contributed by atoms with Crippen molar-refractivity contribution in [3.05, 3.63) is 47.9 Å². The van der Waals surface area contributed by atoms with E-state index in [1.807, 2.05) is 21.9 Å². The van der Waals surface area contributed by atoms with Crippen molar-refractivity contribution in [2.45, 2.75) is 31.8 Å². The van der Waals surface area contributed by atoms with Crippen LogP contribution in [0.5, 0.6) is 0 Å². The van der Waals surface area contributed by atoms with Crippen molar-refractivity contribution in [2.24, 2.45) is 5.92 Å². The minimum atomic E-state index is -0.0604. The molecular weight excluding hydrogens is 332 g/mol. The number of rotatable bonds is 6. The van der Waals surface area contributed by atoms with Crippen molar-refractivity contribution in [1.82, 2.24) is 9.80 Å². The van der Waals surface area contributed by atoms with Gasteiger partial charge in [-0.15, -0.1) is 11.3 Å². The maximum absolute atomic E-state index is 12.3. The van der Waals surface area contributed by atoms with Gasteiger partial charge in [0.2, 0.25) is 11.8 Å². The highest BCUT2D eigenvalue weighted by Gasteiger charge is 2.39. The highest BCUT2D eigenvalue weighted by atomic mass is 32.1. The second-order valence-electron chi connectivity index (χ2n) is 7.02. The Balaban J connectivity index is 1.47. The van der Waals surface area contributed by atoms with Gasteiger partial charge < -0.3 is 9.80 Å². The van der Waals surface area contributed by atoms with E-state index in [-0.39, 0.29) is 17.7 Å². The van der Waals surface area contributed by atoms with E-state index >= 15 is 0 Å². The summed E-state index contributed by atoms with van der Waals surface area (Å²) in [6, 6.07) is 10.9. The molecule has 5 heteroatoms. The van der Waals surface area contributed by atoms with Crippen LogP contribution >= 0.6 is 11.3 Å². The zero-order chi connectivity index (χ0) is 17.4. The molecule has 1 aliphatic carbocycles. The lowest BCUT2D eigenvalue weighted by Crippen LogP contribution is -2.35. The third-order valence-electron chi connectivity index (χ3n) is 5.01. The van der Waals surface area contributed by atoms with Gasteiger partial charge >= 0.3 is 0 Å². The molecule has 2 heterocycles. The van der Waals surface area contributed by atoms with Crippen molar-refractivity contribution in [1.29, 1.82) is 0 Å². The van der Waals surface area contributed by atoms with Crippen LogP contribution in [0.25, 0.3) is 10.1 Å². The number of nitrogens with zero attached hydrogens (tertiary/aromatic N) is 2. The van der Waals surface area contributed by atoms with Crippen LogP contribution < -0.4 is 0 Å². The second kappa shape index (κ2) is 6.64. The van der Waals surface area contributed by atoms with Gasteiger partial charge in [-0.3, -0.25) is 9.59 Å². The zero-order valence-electron chi connectivity index (χ0n) is 14.2. The standard InChI is InChI=1S/C20H22N2O2S/c1-2-19(23)21(11-14-9-20(24)22(12-14)16-7-8-16)13-17-10-15-5-3-4-6-18(15)25-17/h2-6,10,14,16H,1,7-9,11-13H2. The van der Waals surface area contributed by atoms with E-state index in [0.717, 1.165) is 19.4 Å². The molecule has 0 radical (unpaired) electrons. The lowest BCUT2D eigenvalue weighted by molar-refractivity contribution is -0.129. The van der Waals surface area contributed by atoms with Crippen molar-refractivity contribution >= 4 is 33.2 Å². The molecule has 2 amide bonds. The fourth-order valence-corrected chi connectivity index (χ4v) is 4.73. The lowest BCUT2D eigenvalue weighted by atomic mass is 10.1. The summed E-state index contributed by atoms with van der Waals surface area (Å²) >= 11 is 1.72. The number of hydrogen-bond donors (Lipinski definition) is 0. The summed E-state index contributed by atoms with van der Waals surface area (Å²) in [7, 11) is 0. The first-order chi connectivity index (χ1) is 12.1. The Hall–Kier alpha value is -2.14. The summed E-state index contributed by atoms with van der Waals surface area (Å²) in [6.45, 7) is 5.63. The van der Waals surface area contributed by atoms with Gasteiger partial charge in [-0.25, -0.2) is 0 Å². The molecule has 1 unspecified atom stereocenters. The predicted octanol–water partition coefficient (Wildman–Crippen LogP) is 3.43. The topological polar surface area (TPSA) is 40.6 Å². The molecule has 1 aromatic heterocycles. The van der Waals surface area contributed by atoms with E-state index in [1.54, 1.807) is 11.3 Å². The molecule has 2 aromatic rings. The van der Waals surface area contributed by atoms with Gasteiger partial charge in [-0.05, 0) is 36.4 Å². The molecule has 1 saturated carbocycles. The molecule has 25 heavy (non-hydrogen) atoms. The molecule has 1 atom stereocenters. The van der Waals surface area contributed by atoms with Crippen LogP contribution in [0.3, 0.4) is 0 Å². The largest absolute Gasteiger partial charge is 0.339 e. The molecular formula is C20H22N2O2S. The molecule has 2 aliphatic rings. The highest BCUT2D eigenvalue weighted by molar-refractivity contribution is 7.19. The van der Waals surface area contributed by atoms with Crippen LogP contribution in [0.4, 0.5) is 0 Å². The molecule has 0 N–H and O–H groups in total. The summed E-state index contributed by atoms with van der Waals surface area (Å²) in [5.74, 6) is 0.418. The number of benzene rings is 1. The minimum absolute atomic E-state index is 0.0604. The van der Waals surface area contributed by atoms with E-state index in [1.165, 1.54) is 21.0 Å². The minimum Gasteiger partial charge on any atom is -0.339 e. The van der Waals surface area contributed by atoms with Crippen molar-refractivity contribution in [2.75, 3.05) is 13.1 Å². The van der Waals surface area contributed by atoms with Crippen LogP contribution in [-0.2, 0) is 16.1 Å². The molecule has 1 saturated heterocycles. The molecule has 0 bridgehead atoms. The van der Waals surface area contributed by atoms with E-state index in [4.69, 9.17) is 0 Å². The molecule has 2 fully saturated rings. The van der Waals surface area contributed by atoms with E-state index in [0.29, 0.717) is 25.6 Å². The molecule has 4 nitrogen and oxygen atoms in total. The summed E-state index contributed by atoms with van der Waals surface area (Å²) in [5.41, 5.74) is 0. The smallest absolute Gasteiger partial charge is 0.246 e. The number of likely N-dealkylation sites (tertiary alicyclic amines) is 1. The summed E-state index contributed by atoms with van der Waals surface area (Å²) in [6.07, 6.45) is 4.21. The number of amides is 2. The van der Waals surface area contributed by atoms with E-state index < -0.39 is 0 Å². The third-order valence-corrected chi connectivity index (χ3v) is 6.12. The molecule has 1 aliphatic heterocycles. The SMILES string of the molecule is C=CC(=O)N(Cc1cc2ccccc2s1)CC1CC(=O)N(C2CC2)C1. The van der Waals surface area contributed by atoms with Gasteiger partial charge in [0.05, 0.1) is 6.54 Å². The van der Waals surface area contributed by atoms with Crippen LogP contribution in [0, 0.1) is 5.92 Å². The first-order valence-electron chi connectivity index (χ1n) is 8.82. The number of hydrogen-bond acceptors (Lipinski definition) is 3. The van der Waals surface area contributed by atoms with Gasteiger partial charge in [-0.1, -0.05) is 24.8 Å². The molecule has 1 aromatic carbocycles. The maximum Gasteiger partial charge on any atom is 0.246 e. The first-order valence-corrected chi connectivity index (χ1v) is 9.64. The lowest BCUT2D eigenvalue weighted by Gasteiger charge is -2.24. The number of carbonyl (C=O) groups excluding carboxylic acids is 2. The number of thiophene rings is 1. The average molecular weight is 354 g/mol. The van der Waals surface area contributed by atoms with Crippen LogP contribution in [0.2, 0.25) is 0 Å². The van der Waals surface area contributed by atoms with Gasteiger partial charge in [0.15, 0.2) is 0 Å². The first kappa shape index (κ1) is 16.3. The fourth-order valence-electron chi connectivity index (χ4n) is 3.65. The highest BCUT2D eigenvalue weighted by Crippen LogP contribution is 2.33. The summed E-state index contributed by atoms with van der Waals surface area (Å²) in [4.78, 5) is 29.5. The number of fused-ring (bicyclic) bond motifs is 1. The van der Waals surface area contributed by atoms with Crippen molar-refractivity contribution in [3.8, 4) is 0 Å². The Morgan fingerprint density at radius 1 is 1.36 bits per heavy atom. The maximum atomic E-state index is 12.3. The van der Waals surface area contributed by atoms with Crippen molar-refractivity contribution < 1.29 is 9.59 Å². The van der Waals surface area contributed by atoms with E-state index in [9.17, 15) is 9.59 Å². The average Bonchev–Trinajstić information content (AvgIpc) is 3.26. The Labute approximate surface area is 151 Å². The monoisotopic (exact) mass is 354 g/mol. The Morgan fingerprint density at radius 3 is 2.88 bits per heavy atom. The predicted molar refractivity (Wildman–Crippen MR) is 100 cm³/mol. The Bertz CT molecular complexity index is 791. The quantitative estimate of drug-likeness (QED) is 0.746. The second-order valence-corrected chi connectivity index (χ2v) is 8.19. The van der Waals surface area contributed by atoms with Crippen molar-refractivity contribution in [3.63, 3.8) is 0 Å². The fraction of sp³-hybridized carbons (Fsp3) is 0.400. The summed E-state index contributed by atoms with van der Waals surface area (Å²) < 4.78 is 1.24. The normalized spacial score (nSPS) is 20.2. The van der Waals surface area contributed by atoms with Gasteiger partial charge in [0.1, 0.15) is 0 Å². The van der Waals surface area contributed by atoms with Crippen LogP contribution in [-0.4, -0.2) is 40.7 Å².